The number of amides is 1. The Balaban J connectivity index is 1.21. The molecule has 5 nitrogen and oxygen atoms in total. The largest absolute Gasteiger partial charge is 0.354 e. The molecule has 0 unspecified atom stereocenters. The summed E-state index contributed by atoms with van der Waals surface area (Å²) in [6.07, 6.45) is 8.56. The van der Waals surface area contributed by atoms with Crippen molar-refractivity contribution < 1.29 is 9.18 Å². The van der Waals surface area contributed by atoms with Crippen LogP contribution in [-0.4, -0.2) is 22.0 Å². The minimum absolute atomic E-state index is 0.162. The van der Waals surface area contributed by atoms with Crippen LogP contribution >= 0.6 is 0 Å². The van der Waals surface area contributed by atoms with Crippen molar-refractivity contribution in [3.63, 3.8) is 0 Å². The smallest absolute Gasteiger partial charge is 0.253 e. The van der Waals surface area contributed by atoms with Crippen molar-refractivity contribution >= 4 is 5.91 Å². The Labute approximate surface area is 169 Å². The number of rotatable bonds is 5. The van der Waals surface area contributed by atoms with Crippen LogP contribution in [0.4, 0.5) is 4.39 Å². The molecule has 1 heterocycles. The van der Waals surface area contributed by atoms with Crippen LogP contribution in [0.5, 0.6) is 0 Å². The van der Waals surface area contributed by atoms with Crippen LogP contribution in [0.15, 0.2) is 41.5 Å². The van der Waals surface area contributed by atoms with E-state index in [0.717, 1.165) is 37.0 Å². The second kappa shape index (κ2) is 7.08. The topological polar surface area (TPSA) is 64.0 Å². The fraction of sp³-hybridized carbons (Fsp3) is 0.522. The summed E-state index contributed by atoms with van der Waals surface area (Å²) in [6, 6.07) is 7.36. The van der Waals surface area contributed by atoms with E-state index in [2.05, 4.69) is 10.3 Å². The number of carbonyl (C=O) groups is 1. The van der Waals surface area contributed by atoms with Gasteiger partial charge in [-0.1, -0.05) is 0 Å². The van der Waals surface area contributed by atoms with Gasteiger partial charge in [0.1, 0.15) is 5.82 Å². The minimum Gasteiger partial charge on any atom is -0.354 e. The van der Waals surface area contributed by atoms with E-state index in [1.54, 1.807) is 12.1 Å². The molecule has 152 valence electrons. The van der Waals surface area contributed by atoms with Gasteiger partial charge in [-0.05, 0) is 80.5 Å². The monoisotopic (exact) mass is 395 g/mol. The molecule has 1 amide bonds. The first kappa shape index (κ1) is 18.5. The second-order valence-corrected chi connectivity index (χ2v) is 9.27. The Morgan fingerprint density at radius 2 is 1.72 bits per heavy atom. The molecule has 0 atom stereocenters. The Bertz CT molecular complexity index is 947. The van der Waals surface area contributed by atoms with Gasteiger partial charge in [0.15, 0.2) is 0 Å². The number of halogens is 1. The van der Waals surface area contributed by atoms with Gasteiger partial charge in [-0.25, -0.2) is 9.37 Å². The van der Waals surface area contributed by atoms with Crippen LogP contribution < -0.4 is 10.9 Å². The number of carbonyl (C=O) groups excluding carboxylic acids is 1. The van der Waals surface area contributed by atoms with Crippen LogP contribution in [0, 0.1) is 29.0 Å². The minimum atomic E-state index is -0.322. The van der Waals surface area contributed by atoms with Crippen LogP contribution in [0.2, 0.25) is 0 Å². The van der Waals surface area contributed by atoms with Gasteiger partial charge in [-0.3, -0.25) is 14.2 Å². The fourth-order valence-corrected chi connectivity index (χ4v) is 6.24. The molecule has 1 aromatic carbocycles. The molecule has 4 aliphatic rings. The van der Waals surface area contributed by atoms with Crippen molar-refractivity contribution in [1.29, 1.82) is 0 Å². The predicted octanol–water partition coefficient (Wildman–Crippen LogP) is 3.38. The highest BCUT2D eigenvalue weighted by molar-refractivity contribution is 5.83. The van der Waals surface area contributed by atoms with Gasteiger partial charge in [0.25, 0.3) is 5.56 Å². The Morgan fingerprint density at radius 1 is 1.10 bits per heavy atom. The first-order valence-corrected chi connectivity index (χ1v) is 10.6. The number of nitrogens with one attached hydrogen (secondary N) is 1. The highest BCUT2D eigenvalue weighted by Crippen LogP contribution is 2.60. The van der Waals surface area contributed by atoms with Crippen molar-refractivity contribution in [2.75, 3.05) is 6.54 Å². The quantitative estimate of drug-likeness (QED) is 0.844. The molecule has 0 saturated heterocycles. The highest BCUT2D eigenvalue weighted by atomic mass is 19.1. The summed E-state index contributed by atoms with van der Waals surface area (Å²) < 4.78 is 14.6. The molecule has 0 radical (unpaired) electrons. The van der Waals surface area contributed by atoms with E-state index in [0.29, 0.717) is 24.3 Å². The van der Waals surface area contributed by atoms with Gasteiger partial charge >= 0.3 is 0 Å². The first-order chi connectivity index (χ1) is 14.0. The molecule has 1 N–H and O–H groups in total. The summed E-state index contributed by atoms with van der Waals surface area (Å²) >= 11 is 0. The van der Waals surface area contributed by atoms with E-state index in [9.17, 15) is 14.0 Å². The summed E-state index contributed by atoms with van der Waals surface area (Å²) in [4.78, 5) is 29.7. The zero-order valence-corrected chi connectivity index (χ0v) is 16.4. The van der Waals surface area contributed by atoms with Gasteiger partial charge in [0, 0.05) is 30.1 Å². The van der Waals surface area contributed by atoms with Gasteiger partial charge in [-0.15, -0.1) is 0 Å². The average molecular weight is 395 g/mol. The molecular formula is C23H26FN3O2. The second-order valence-electron chi connectivity index (χ2n) is 9.27. The Morgan fingerprint density at radius 3 is 2.31 bits per heavy atom. The lowest BCUT2D eigenvalue weighted by Gasteiger charge is -2.55. The van der Waals surface area contributed by atoms with Crippen LogP contribution in [0.3, 0.4) is 0 Å². The average Bonchev–Trinajstić information content (AvgIpc) is 2.68. The number of hydrogen-bond donors (Lipinski definition) is 1. The third kappa shape index (κ3) is 3.49. The molecule has 4 aliphatic carbocycles. The fourth-order valence-electron chi connectivity index (χ4n) is 6.24. The molecule has 29 heavy (non-hydrogen) atoms. The molecule has 6 rings (SSSR count). The van der Waals surface area contributed by atoms with Gasteiger partial charge < -0.3 is 5.32 Å². The van der Waals surface area contributed by atoms with E-state index in [1.165, 1.54) is 48.4 Å². The van der Waals surface area contributed by atoms with E-state index >= 15 is 0 Å². The Hall–Kier alpha value is -2.50. The third-order valence-corrected chi connectivity index (χ3v) is 7.18. The maximum absolute atomic E-state index is 13.1. The number of aromatic nitrogens is 2. The molecule has 6 heteroatoms. The highest BCUT2D eigenvalue weighted by Gasteiger charge is 2.54. The van der Waals surface area contributed by atoms with Crippen molar-refractivity contribution in [2.24, 2.45) is 23.2 Å². The summed E-state index contributed by atoms with van der Waals surface area (Å²) in [5.41, 5.74) is 0.878. The van der Waals surface area contributed by atoms with E-state index in [-0.39, 0.29) is 22.7 Å². The Kier molecular flexibility index (Phi) is 4.52. The maximum Gasteiger partial charge on any atom is 0.253 e. The summed E-state index contributed by atoms with van der Waals surface area (Å²) in [6.45, 7) is 0.825. The number of nitrogens with zero attached hydrogens (tertiary/aromatic N) is 2. The predicted molar refractivity (Wildman–Crippen MR) is 108 cm³/mol. The van der Waals surface area contributed by atoms with Crippen molar-refractivity contribution in [3.05, 3.63) is 52.8 Å². The number of hydrogen-bond acceptors (Lipinski definition) is 3. The lowest BCUT2D eigenvalue weighted by atomic mass is 9.49. The molecule has 0 aliphatic heterocycles. The van der Waals surface area contributed by atoms with Crippen molar-refractivity contribution in [2.45, 2.75) is 45.1 Å². The van der Waals surface area contributed by atoms with Gasteiger partial charge in [-0.2, -0.15) is 0 Å². The number of benzene rings is 1. The van der Waals surface area contributed by atoms with Crippen LogP contribution in [0.1, 0.15) is 38.5 Å². The normalized spacial score (nSPS) is 29.8. The zero-order chi connectivity index (χ0) is 20.0. The molecule has 4 fully saturated rings. The van der Waals surface area contributed by atoms with Gasteiger partial charge in [0.05, 0.1) is 12.0 Å². The standard InChI is InChI=1S/C23H26FN3O2/c24-19-3-1-18(2-4-19)20-10-21(28)27(14-26-20)6-5-25-22(29)23-11-15-7-16(12-23)9-17(8-15)13-23/h1-4,10,14-17H,5-9,11-13H2,(H,25,29). The van der Waals surface area contributed by atoms with Crippen LogP contribution in [0.25, 0.3) is 11.3 Å². The molecule has 4 saturated carbocycles. The summed E-state index contributed by atoms with van der Waals surface area (Å²) in [5, 5.41) is 3.10. The van der Waals surface area contributed by atoms with E-state index in [1.807, 2.05) is 0 Å². The first-order valence-electron chi connectivity index (χ1n) is 10.6. The van der Waals surface area contributed by atoms with E-state index < -0.39 is 0 Å². The lowest BCUT2D eigenvalue weighted by molar-refractivity contribution is -0.146. The lowest BCUT2D eigenvalue weighted by Crippen LogP contribution is -2.54. The van der Waals surface area contributed by atoms with Crippen LogP contribution in [-0.2, 0) is 11.3 Å². The van der Waals surface area contributed by atoms with Crippen molar-refractivity contribution in [3.8, 4) is 11.3 Å². The van der Waals surface area contributed by atoms with Gasteiger partial charge in [0.2, 0.25) is 5.91 Å². The maximum atomic E-state index is 13.1. The molecular weight excluding hydrogens is 369 g/mol. The molecule has 0 spiro atoms. The summed E-state index contributed by atoms with van der Waals surface area (Å²) in [5.74, 6) is 2.06. The molecule has 1 aromatic heterocycles. The zero-order valence-electron chi connectivity index (χ0n) is 16.4. The third-order valence-electron chi connectivity index (χ3n) is 7.18. The van der Waals surface area contributed by atoms with E-state index in [4.69, 9.17) is 0 Å². The SMILES string of the molecule is O=C(NCCn1cnc(-c2ccc(F)cc2)cc1=O)C12CC3CC(CC(C3)C1)C2. The molecule has 4 bridgehead atoms. The van der Waals surface area contributed by atoms with Crippen molar-refractivity contribution in [1.82, 2.24) is 14.9 Å². The summed E-state index contributed by atoms with van der Waals surface area (Å²) in [7, 11) is 0. The molecule has 2 aromatic rings.